The Morgan fingerprint density at radius 3 is 2.89 bits per heavy atom. The summed E-state index contributed by atoms with van der Waals surface area (Å²) in [6, 6.07) is 2.87. The van der Waals surface area contributed by atoms with E-state index in [1.54, 1.807) is 0 Å². The van der Waals surface area contributed by atoms with Crippen LogP contribution < -0.4 is 5.32 Å². The summed E-state index contributed by atoms with van der Waals surface area (Å²) in [4.78, 5) is 0. The molecule has 1 N–H and O–H groups in total. The van der Waals surface area contributed by atoms with E-state index >= 15 is 0 Å². The first-order chi connectivity index (χ1) is 8.65. The van der Waals surface area contributed by atoms with Crippen LogP contribution in [0.15, 0.2) is 10.5 Å². The van der Waals surface area contributed by atoms with Gasteiger partial charge in [0.2, 0.25) is 0 Å². The molecule has 1 aliphatic rings. The van der Waals surface area contributed by atoms with Gasteiger partial charge in [0, 0.05) is 24.8 Å². The minimum absolute atomic E-state index is 0.594. The van der Waals surface area contributed by atoms with Crippen LogP contribution in [0.3, 0.4) is 0 Å². The van der Waals surface area contributed by atoms with Crippen molar-refractivity contribution in [3.8, 4) is 0 Å². The Hall–Kier alpha value is -0.800. The van der Waals surface area contributed by atoms with Crippen molar-refractivity contribution < 1.29 is 9.15 Å². The van der Waals surface area contributed by atoms with Gasteiger partial charge in [-0.25, -0.2) is 0 Å². The highest BCUT2D eigenvalue weighted by Crippen LogP contribution is 2.21. The molecule has 3 nitrogen and oxygen atoms in total. The van der Waals surface area contributed by atoms with Crippen LogP contribution >= 0.6 is 0 Å². The van der Waals surface area contributed by atoms with Crippen molar-refractivity contribution >= 4 is 0 Å². The Balaban J connectivity index is 1.72. The first kappa shape index (κ1) is 13.6. The second-order valence-corrected chi connectivity index (χ2v) is 5.68. The lowest BCUT2D eigenvalue weighted by Crippen LogP contribution is -2.15. The highest BCUT2D eigenvalue weighted by molar-refractivity contribution is 5.20. The molecule has 3 heteroatoms. The second-order valence-electron chi connectivity index (χ2n) is 5.68. The largest absolute Gasteiger partial charge is 0.464 e. The molecule has 0 radical (unpaired) electrons. The van der Waals surface area contributed by atoms with Gasteiger partial charge < -0.3 is 14.5 Å². The molecule has 0 bridgehead atoms. The number of nitrogens with one attached hydrogen (secondary N) is 1. The first-order valence-corrected chi connectivity index (χ1v) is 7.04. The van der Waals surface area contributed by atoms with E-state index in [4.69, 9.17) is 9.15 Å². The van der Waals surface area contributed by atoms with E-state index in [1.165, 1.54) is 18.4 Å². The molecule has 1 heterocycles. The van der Waals surface area contributed by atoms with Gasteiger partial charge in [0.15, 0.2) is 0 Å². The minimum atomic E-state index is 0.594. The fourth-order valence-electron chi connectivity index (χ4n) is 1.87. The molecule has 1 saturated carbocycles. The molecule has 102 valence electrons. The molecule has 1 fully saturated rings. The molecule has 1 aromatic heterocycles. The van der Waals surface area contributed by atoms with Crippen LogP contribution in [-0.4, -0.2) is 12.6 Å². The van der Waals surface area contributed by atoms with Crippen molar-refractivity contribution in [2.24, 2.45) is 5.92 Å². The lowest BCUT2D eigenvalue weighted by atomic mass is 10.1. The molecule has 0 aromatic carbocycles. The van der Waals surface area contributed by atoms with Gasteiger partial charge in [-0.2, -0.15) is 0 Å². The maximum absolute atomic E-state index is 5.71. The van der Waals surface area contributed by atoms with Crippen molar-refractivity contribution in [3.05, 3.63) is 23.2 Å². The summed E-state index contributed by atoms with van der Waals surface area (Å²) < 4.78 is 11.3. The molecule has 2 rings (SSSR count). The standard InChI is InChI=1S/C15H25NO2/c1-11(2)6-7-17-10-15-8-13(12(3)18-15)9-16-14-4-5-14/h8,11,14,16H,4-7,9-10H2,1-3H3. The first-order valence-electron chi connectivity index (χ1n) is 7.04. The normalized spacial score (nSPS) is 15.6. The van der Waals surface area contributed by atoms with Gasteiger partial charge in [0.05, 0.1) is 0 Å². The third-order valence-electron chi connectivity index (χ3n) is 3.31. The van der Waals surface area contributed by atoms with Crippen LogP contribution in [0.2, 0.25) is 0 Å². The summed E-state index contributed by atoms with van der Waals surface area (Å²) in [5.74, 6) is 2.66. The second kappa shape index (κ2) is 6.39. The van der Waals surface area contributed by atoms with Gasteiger partial charge in [0.1, 0.15) is 18.1 Å². The average Bonchev–Trinajstić information content (AvgIpc) is 3.07. The summed E-state index contributed by atoms with van der Waals surface area (Å²) in [5, 5.41) is 3.51. The van der Waals surface area contributed by atoms with Crippen LogP contribution in [0.4, 0.5) is 0 Å². The van der Waals surface area contributed by atoms with E-state index in [9.17, 15) is 0 Å². The molecule has 0 spiro atoms. The average molecular weight is 251 g/mol. The zero-order chi connectivity index (χ0) is 13.0. The van der Waals surface area contributed by atoms with E-state index in [2.05, 4.69) is 25.2 Å². The Kier molecular flexibility index (Phi) is 4.84. The van der Waals surface area contributed by atoms with Crippen LogP contribution in [0.5, 0.6) is 0 Å². The van der Waals surface area contributed by atoms with Crippen molar-refractivity contribution in [1.29, 1.82) is 0 Å². The van der Waals surface area contributed by atoms with Crippen LogP contribution in [0.25, 0.3) is 0 Å². The smallest absolute Gasteiger partial charge is 0.130 e. The Labute approximate surface area is 110 Å². The van der Waals surface area contributed by atoms with Crippen LogP contribution in [0, 0.1) is 12.8 Å². The summed E-state index contributed by atoms with van der Waals surface area (Å²) in [6.07, 6.45) is 3.75. The summed E-state index contributed by atoms with van der Waals surface area (Å²) in [7, 11) is 0. The van der Waals surface area contributed by atoms with Crippen LogP contribution in [-0.2, 0) is 17.9 Å². The Morgan fingerprint density at radius 1 is 1.44 bits per heavy atom. The molecule has 0 saturated heterocycles. The molecule has 0 unspecified atom stereocenters. The summed E-state index contributed by atoms with van der Waals surface area (Å²) in [6.45, 7) is 8.78. The minimum Gasteiger partial charge on any atom is -0.464 e. The lowest BCUT2D eigenvalue weighted by molar-refractivity contribution is 0.0964. The topological polar surface area (TPSA) is 34.4 Å². The fraction of sp³-hybridized carbons (Fsp3) is 0.733. The van der Waals surface area contributed by atoms with Gasteiger partial charge in [-0.15, -0.1) is 0 Å². The third-order valence-corrected chi connectivity index (χ3v) is 3.31. The molecular weight excluding hydrogens is 226 g/mol. The molecule has 0 amide bonds. The Morgan fingerprint density at radius 2 is 2.22 bits per heavy atom. The molecular formula is C15H25NO2. The van der Waals surface area contributed by atoms with E-state index in [0.717, 1.165) is 37.1 Å². The summed E-state index contributed by atoms with van der Waals surface area (Å²) >= 11 is 0. The van der Waals surface area contributed by atoms with Gasteiger partial charge in [0.25, 0.3) is 0 Å². The number of furan rings is 1. The molecule has 1 aliphatic carbocycles. The van der Waals surface area contributed by atoms with Crippen molar-refractivity contribution in [2.45, 2.75) is 59.2 Å². The number of aryl methyl sites for hydroxylation is 1. The zero-order valence-corrected chi connectivity index (χ0v) is 11.8. The lowest BCUT2D eigenvalue weighted by Gasteiger charge is -2.04. The van der Waals surface area contributed by atoms with Crippen molar-refractivity contribution in [2.75, 3.05) is 6.61 Å². The SMILES string of the molecule is Cc1oc(COCCC(C)C)cc1CNC1CC1. The zero-order valence-electron chi connectivity index (χ0n) is 11.8. The van der Waals surface area contributed by atoms with Gasteiger partial charge >= 0.3 is 0 Å². The molecule has 0 aliphatic heterocycles. The monoisotopic (exact) mass is 251 g/mol. The highest BCUT2D eigenvalue weighted by Gasteiger charge is 2.20. The predicted octanol–water partition coefficient (Wildman–Crippen LogP) is 3.40. The third kappa shape index (κ3) is 4.46. The quantitative estimate of drug-likeness (QED) is 0.719. The number of ether oxygens (including phenoxy) is 1. The van der Waals surface area contributed by atoms with Gasteiger partial charge in [-0.3, -0.25) is 0 Å². The number of rotatable bonds is 8. The van der Waals surface area contributed by atoms with Crippen molar-refractivity contribution in [1.82, 2.24) is 5.32 Å². The summed E-state index contributed by atoms with van der Waals surface area (Å²) in [5.41, 5.74) is 1.27. The van der Waals surface area contributed by atoms with Crippen molar-refractivity contribution in [3.63, 3.8) is 0 Å². The molecule has 18 heavy (non-hydrogen) atoms. The maximum atomic E-state index is 5.71. The fourth-order valence-corrected chi connectivity index (χ4v) is 1.87. The van der Waals surface area contributed by atoms with E-state index in [0.29, 0.717) is 12.5 Å². The van der Waals surface area contributed by atoms with Gasteiger partial charge in [-0.1, -0.05) is 13.8 Å². The van der Waals surface area contributed by atoms with E-state index in [-0.39, 0.29) is 0 Å². The van der Waals surface area contributed by atoms with Crippen LogP contribution in [0.1, 0.15) is 50.2 Å². The highest BCUT2D eigenvalue weighted by atomic mass is 16.5. The number of hydrogen-bond donors (Lipinski definition) is 1. The molecule has 0 atom stereocenters. The number of hydrogen-bond acceptors (Lipinski definition) is 3. The van der Waals surface area contributed by atoms with E-state index in [1.807, 2.05) is 6.92 Å². The molecule has 1 aromatic rings. The maximum Gasteiger partial charge on any atom is 0.130 e. The van der Waals surface area contributed by atoms with E-state index < -0.39 is 0 Å². The Bertz CT molecular complexity index is 367. The predicted molar refractivity (Wildman–Crippen MR) is 72.4 cm³/mol. The van der Waals surface area contributed by atoms with Gasteiger partial charge in [-0.05, 0) is 38.2 Å².